The van der Waals surface area contributed by atoms with Gasteiger partial charge in [-0.3, -0.25) is 0 Å². The Bertz CT molecular complexity index is 1740. The first-order valence-corrected chi connectivity index (χ1v) is 18.4. The first kappa shape index (κ1) is 122. The molecule has 75 heavy (non-hydrogen) atoms. The molecule has 0 saturated carbocycles. The second kappa shape index (κ2) is 73.5. The number of benzene rings is 3. The molecule has 0 amide bonds. The molecule has 0 aromatic heterocycles. The molecule has 0 bridgehead atoms. The van der Waals surface area contributed by atoms with Crippen molar-refractivity contribution >= 4 is 17.9 Å². The van der Waals surface area contributed by atoms with Crippen molar-refractivity contribution in [2.45, 2.75) is 79.1 Å². The average molecular weight is 3300 g/mol. The standard InChI is InChI=1S/C14H18O5.C13H16O5.C9H10O4.C5H10O2.3CH4.K.H2O.13W/c1-16-13-9-10(14(15)17-2)3-4-12(13)19-11-5-7-18-8-6-11;1-16-12-8-9(13(14)15)2-3-11(12)18-10-4-6-17-7-5-10;1-12-8-5-6(9(11)13-2)3-4-7(8)10;6-5-1-3-7-4-2-5;;;;;;;;;;;;;;;;;;/h3-4,9,11H,5-8H2,1-2H3;2-3,8,10H,4-7H2,1H3,(H,14,15);3-5,10H,1-2H3;5-6H,1-4H2;3*1H4;;1H2;;;;;;;;;;;;;/q;;;;;;;+1;;;;;;;;;;;;;;/p-1. The fraction of sp³-hybridized carbons (Fsp3) is 0.523. The molecule has 3 heterocycles. The summed E-state index contributed by atoms with van der Waals surface area (Å²) in [6.07, 6.45) is 5.18. The molecule has 0 unspecified atom stereocenters. The van der Waals surface area contributed by atoms with Crippen molar-refractivity contribution in [3.63, 3.8) is 0 Å². The Morgan fingerprint density at radius 3 is 1.01 bits per heavy atom. The van der Waals surface area contributed by atoms with Gasteiger partial charge in [-0.1, -0.05) is 22.3 Å². The number of hydrogen-bond acceptors (Lipinski definition) is 16. The summed E-state index contributed by atoms with van der Waals surface area (Å²) in [5, 5.41) is 26.9. The van der Waals surface area contributed by atoms with E-state index in [4.69, 9.17) is 48.1 Å². The van der Waals surface area contributed by atoms with Crippen LogP contribution in [0.15, 0.2) is 54.6 Å². The van der Waals surface area contributed by atoms with Crippen LogP contribution in [0.3, 0.4) is 0 Å². The van der Waals surface area contributed by atoms with Crippen molar-refractivity contribution in [2.75, 3.05) is 75.2 Å². The van der Waals surface area contributed by atoms with E-state index in [2.05, 4.69) is 9.47 Å². The molecule has 0 radical (unpaired) electrons. The van der Waals surface area contributed by atoms with E-state index in [0.29, 0.717) is 60.6 Å². The smallest absolute Gasteiger partial charge is 0.870 e. The van der Waals surface area contributed by atoms with Gasteiger partial charge in [-0.15, -0.1) is 0 Å². The molecule has 3 saturated heterocycles. The Kier molecular flexibility index (Phi) is 120. The number of carbonyl (C=O) groups is 3. The molecule has 17 nitrogen and oxygen atoms in total. The van der Waals surface area contributed by atoms with E-state index in [9.17, 15) is 19.5 Å². The van der Waals surface area contributed by atoms with Gasteiger partial charge in [-0.05, 0) is 67.4 Å². The summed E-state index contributed by atoms with van der Waals surface area (Å²) in [4.78, 5) is 33.3. The number of rotatable bonds is 10. The third kappa shape index (κ3) is 49.0. The SMILES string of the molecule is C.C.C.COC(=O)c1ccc(O)c(OC)c1.COC(=O)c1ccc(OC2CCOCC2)c(OC)c1.COc1cc(C(=O)O)ccc1OC1CCOCC1.OC1CCOCC1.[K+].[OH-].[W].[W].[W].[W].[W].[W].[W].[W].[W].[W].[W].[W].[W]. The normalized spacial score (nSPS) is 11.9. The summed E-state index contributed by atoms with van der Waals surface area (Å²) < 4.78 is 51.6. The number of methoxy groups -OCH3 is 5. The first-order valence-electron chi connectivity index (χ1n) is 18.4. The monoisotopic (exact) mass is 3300 g/mol. The fourth-order valence-corrected chi connectivity index (χ4v) is 5.46. The van der Waals surface area contributed by atoms with Crippen molar-refractivity contribution in [1.82, 2.24) is 0 Å². The summed E-state index contributed by atoms with van der Waals surface area (Å²) in [5.41, 5.74) is 0.974. The minimum Gasteiger partial charge on any atom is -0.870 e. The quantitative estimate of drug-likeness (QED) is 0.192. The number of aliphatic hydroxyl groups excluding tert-OH is 1. The predicted octanol–water partition coefficient (Wildman–Crippen LogP) is 4.04. The maximum absolute atomic E-state index is 11.4. The molecule has 424 valence electrons. The van der Waals surface area contributed by atoms with Crippen LogP contribution in [0.5, 0.6) is 34.5 Å². The maximum atomic E-state index is 11.4. The largest absolute Gasteiger partial charge is 1.00 e. The van der Waals surface area contributed by atoms with Crippen LogP contribution in [0.1, 0.15) is 91.9 Å². The molecule has 31 heteroatoms. The van der Waals surface area contributed by atoms with Gasteiger partial charge in [0, 0.05) is 313 Å². The summed E-state index contributed by atoms with van der Waals surface area (Å²) in [6.45, 7) is 4.29. The van der Waals surface area contributed by atoms with Crippen molar-refractivity contribution in [3.05, 3.63) is 71.3 Å². The van der Waals surface area contributed by atoms with Gasteiger partial charge in [0.15, 0.2) is 34.5 Å². The Labute approximate surface area is 674 Å². The van der Waals surface area contributed by atoms with Crippen molar-refractivity contribution in [2.24, 2.45) is 0 Å². The van der Waals surface area contributed by atoms with Gasteiger partial charge in [0.1, 0.15) is 12.2 Å². The summed E-state index contributed by atoms with van der Waals surface area (Å²) in [7, 11) is 7.10. The number of aliphatic hydroxyl groups is 1. The van der Waals surface area contributed by atoms with Crippen LogP contribution in [-0.2, 0) is 298 Å². The zero-order chi connectivity index (χ0) is 41.6. The Morgan fingerprint density at radius 1 is 0.453 bits per heavy atom. The fourth-order valence-electron chi connectivity index (χ4n) is 5.46. The van der Waals surface area contributed by atoms with Crippen LogP contribution >= 0.6 is 0 Å². The molecule has 3 aliphatic rings. The summed E-state index contributed by atoms with van der Waals surface area (Å²) in [5.74, 6) is 0.616. The van der Waals surface area contributed by atoms with E-state index in [0.717, 1.165) is 51.7 Å². The van der Waals surface area contributed by atoms with Crippen molar-refractivity contribution in [1.29, 1.82) is 0 Å². The van der Waals surface area contributed by atoms with Gasteiger partial charge >= 0.3 is 69.3 Å². The Hall–Kier alpha value is 5.25. The number of carboxylic acid groups (broad SMARTS) is 1. The van der Waals surface area contributed by atoms with E-state index in [1.54, 1.807) is 31.4 Å². The molecule has 0 spiro atoms. The van der Waals surface area contributed by atoms with Crippen LogP contribution in [0, 0.1) is 0 Å². The molecule has 3 aromatic carbocycles. The second-order valence-electron chi connectivity index (χ2n) is 12.6. The second-order valence-corrected chi connectivity index (χ2v) is 12.6. The van der Waals surface area contributed by atoms with E-state index >= 15 is 0 Å². The molecule has 6 rings (SSSR count). The molecule has 4 N–H and O–H groups in total. The molecule has 3 fully saturated rings. The van der Waals surface area contributed by atoms with Crippen LogP contribution < -0.4 is 75.1 Å². The molecule has 3 aliphatic heterocycles. The molecule has 0 aliphatic carbocycles. The number of carboxylic acids is 1. The van der Waals surface area contributed by atoms with Gasteiger partial charge in [-0.2, -0.15) is 0 Å². The van der Waals surface area contributed by atoms with Crippen molar-refractivity contribution < 1.29 is 408 Å². The predicted molar refractivity (Wildman–Crippen MR) is 227 cm³/mol. The number of phenolic OH excluding ortho intramolecular Hbond substituents is 1. The van der Waals surface area contributed by atoms with Crippen LogP contribution in [0.2, 0.25) is 0 Å². The number of esters is 2. The minimum absolute atomic E-state index is 0. The maximum Gasteiger partial charge on any atom is 1.00 e. The molecule has 0 atom stereocenters. The van der Waals surface area contributed by atoms with Gasteiger partial charge in [0.2, 0.25) is 0 Å². The number of aromatic carboxylic acids is 1. The van der Waals surface area contributed by atoms with Gasteiger partial charge in [0.05, 0.1) is 84.8 Å². The number of carbonyl (C=O) groups excluding carboxylic acids is 2. The Morgan fingerprint density at radius 2 is 0.733 bits per heavy atom. The molecular weight excluding hydrogens is 3230 g/mol. The van der Waals surface area contributed by atoms with Crippen LogP contribution in [-0.4, -0.2) is 132 Å². The minimum atomic E-state index is -0.981. The zero-order valence-electron chi connectivity index (χ0n) is 39.8. The van der Waals surface area contributed by atoms with Gasteiger partial charge in [0.25, 0.3) is 0 Å². The van der Waals surface area contributed by atoms with Crippen molar-refractivity contribution in [3.8, 4) is 34.5 Å². The topological polar surface area (TPSA) is 234 Å². The summed E-state index contributed by atoms with van der Waals surface area (Å²) >= 11 is 0. The third-order valence-electron chi connectivity index (χ3n) is 8.71. The van der Waals surface area contributed by atoms with E-state index in [1.165, 1.54) is 58.8 Å². The summed E-state index contributed by atoms with van der Waals surface area (Å²) in [6, 6.07) is 13.9. The molecular formula is C44H67KO17W13. The third-order valence-corrected chi connectivity index (χ3v) is 8.71. The van der Waals surface area contributed by atoms with Crippen LogP contribution in [0.4, 0.5) is 0 Å². The number of ether oxygens (including phenoxy) is 10. The Balaban J connectivity index is -0.0000000423. The first-order chi connectivity index (χ1) is 27.5. The zero-order valence-corrected chi connectivity index (χ0v) is 81.1. The van der Waals surface area contributed by atoms with E-state index in [-0.39, 0.29) is 388 Å². The number of hydrogen-bond donors (Lipinski definition) is 3. The average Bonchev–Trinajstić information content (AvgIpc) is 3.25. The van der Waals surface area contributed by atoms with E-state index in [1.807, 2.05) is 0 Å². The van der Waals surface area contributed by atoms with E-state index < -0.39 is 17.9 Å². The number of aromatic hydroxyl groups is 1. The van der Waals surface area contributed by atoms with Gasteiger partial charge < -0.3 is 68.2 Å². The molecule has 3 aromatic rings. The number of phenols is 1. The van der Waals surface area contributed by atoms with Crippen LogP contribution in [0.25, 0.3) is 0 Å². The van der Waals surface area contributed by atoms with Gasteiger partial charge in [-0.25, -0.2) is 14.4 Å².